The van der Waals surface area contributed by atoms with Crippen LogP contribution in [0.3, 0.4) is 0 Å². The molecule has 5 nitrogen and oxygen atoms in total. The van der Waals surface area contributed by atoms with Crippen molar-refractivity contribution in [1.29, 1.82) is 0 Å². The highest BCUT2D eigenvalue weighted by molar-refractivity contribution is 6.32. The summed E-state index contributed by atoms with van der Waals surface area (Å²) in [5, 5.41) is 19.4. The molecule has 1 heterocycles. The number of carbonyl (C=O) groups is 1. The summed E-state index contributed by atoms with van der Waals surface area (Å²) in [6, 6.07) is 12.4. The highest BCUT2D eigenvalue weighted by Crippen LogP contribution is 2.32. The lowest BCUT2D eigenvalue weighted by molar-refractivity contribution is 0.0743. The molecule has 3 rings (SSSR count). The summed E-state index contributed by atoms with van der Waals surface area (Å²) in [5.74, 6) is -0.783. The highest BCUT2D eigenvalue weighted by Gasteiger charge is 2.25. The Bertz CT molecular complexity index is 713. The summed E-state index contributed by atoms with van der Waals surface area (Å²) >= 11 is 5.83. The number of phenolic OH excluding ortho intramolecular Hbond substituents is 2. The monoisotopic (exact) mass is 332 g/mol. The second-order valence-electron chi connectivity index (χ2n) is 5.44. The van der Waals surface area contributed by atoms with Gasteiger partial charge in [0, 0.05) is 37.9 Å². The number of carbonyl (C=O) groups excluding carboxylic acids is 1. The first kappa shape index (κ1) is 15.5. The van der Waals surface area contributed by atoms with E-state index in [1.165, 1.54) is 6.07 Å². The molecule has 0 radical (unpaired) electrons. The number of hydrogen-bond acceptors (Lipinski definition) is 4. The molecule has 1 amide bonds. The maximum atomic E-state index is 12.5. The summed E-state index contributed by atoms with van der Waals surface area (Å²) < 4.78 is 0. The quantitative estimate of drug-likeness (QED) is 0.887. The molecule has 2 N–H and O–H groups in total. The zero-order chi connectivity index (χ0) is 16.4. The molecule has 1 fully saturated rings. The Morgan fingerprint density at radius 1 is 0.957 bits per heavy atom. The number of para-hydroxylation sites is 1. The van der Waals surface area contributed by atoms with Crippen LogP contribution in [0.4, 0.5) is 5.69 Å². The number of hydrogen-bond donors (Lipinski definition) is 2. The summed E-state index contributed by atoms with van der Waals surface area (Å²) in [5.41, 5.74) is 1.25. The van der Waals surface area contributed by atoms with Crippen LogP contribution >= 0.6 is 11.6 Å². The summed E-state index contributed by atoms with van der Waals surface area (Å²) in [4.78, 5) is 16.4. The number of aromatic hydroxyl groups is 2. The Hall–Kier alpha value is -2.40. The minimum Gasteiger partial charge on any atom is -0.507 e. The van der Waals surface area contributed by atoms with Crippen molar-refractivity contribution in [3.63, 3.8) is 0 Å². The largest absolute Gasteiger partial charge is 0.507 e. The summed E-state index contributed by atoms with van der Waals surface area (Å²) in [6.07, 6.45) is 0. The maximum Gasteiger partial charge on any atom is 0.257 e. The van der Waals surface area contributed by atoms with Crippen molar-refractivity contribution in [1.82, 2.24) is 4.90 Å². The van der Waals surface area contributed by atoms with Gasteiger partial charge in [0.25, 0.3) is 5.91 Å². The molecule has 0 aromatic heterocycles. The Labute approximate surface area is 139 Å². The van der Waals surface area contributed by atoms with Crippen molar-refractivity contribution < 1.29 is 15.0 Å². The van der Waals surface area contributed by atoms with E-state index in [2.05, 4.69) is 4.90 Å². The molecule has 1 aliphatic heterocycles. The Morgan fingerprint density at radius 3 is 2.26 bits per heavy atom. The minimum absolute atomic E-state index is 0.0501. The number of benzene rings is 2. The van der Waals surface area contributed by atoms with E-state index in [0.717, 1.165) is 24.8 Å². The van der Waals surface area contributed by atoms with E-state index in [1.807, 2.05) is 30.3 Å². The Kier molecular flexibility index (Phi) is 4.30. The molecule has 2 aromatic rings. The zero-order valence-corrected chi connectivity index (χ0v) is 13.2. The Balaban J connectivity index is 1.70. The number of piperazine rings is 1. The van der Waals surface area contributed by atoms with Gasteiger partial charge < -0.3 is 20.0 Å². The van der Waals surface area contributed by atoms with Crippen LogP contribution in [0.2, 0.25) is 5.02 Å². The molecule has 0 spiro atoms. The number of rotatable bonds is 2. The van der Waals surface area contributed by atoms with Gasteiger partial charge in [-0.05, 0) is 18.2 Å². The van der Waals surface area contributed by atoms with Crippen molar-refractivity contribution in [3.8, 4) is 11.5 Å². The Morgan fingerprint density at radius 2 is 1.61 bits per heavy atom. The van der Waals surface area contributed by atoms with Crippen LogP contribution in [0.15, 0.2) is 42.5 Å². The summed E-state index contributed by atoms with van der Waals surface area (Å²) in [7, 11) is 0. The number of amides is 1. The second kappa shape index (κ2) is 6.38. The molecule has 0 unspecified atom stereocenters. The fourth-order valence-corrected chi connectivity index (χ4v) is 2.86. The molecule has 6 heteroatoms. The first-order valence-electron chi connectivity index (χ1n) is 7.37. The van der Waals surface area contributed by atoms with Crippen LogP contribution in [0, 0.1) is 0 Å². The first-order chi connectivity index (χ1) is 11.1. The van der Waals surface area contributed by atoms with E-state index in [-0.39, 0.29) is 28.0 Å². The molecule has 0 bridgehead atoms. The molecule has 120 valence electrons. The normalized spacial score (nSPS) is 14.8. The van der Waals surface area contributed by atoms with Crippen LogP contribution in [0.5, 0.6) is 11.5 Å². The topological polar surface area (TPSA) is 64.0 Å². The molecular weight excluding hydrogens is 316 g/mol. The van der Waals surface area contributed by atoms with E-state index < -0.39 is 0 Å². The van der Waals surface area contributed by atoms with E-state index >= 15 is 0 Å². The van der Waals surface area contributed by atoms with E-state index in [9.17, 15) is 15.0 Å². The molecule has 0 aliphatic carbocycles. The highest BCUT2D eigenvalue weighted by atomic mass is 35.5. The van der Waals surface area contributed by atoms with Gasteiger partial charge in [-0.1, -0.05) is 29.8 Å². The van der Waals surface area contributed by atoms with Gasteiger partial charge in [-0.3, -0.25) is 4.79 Å². The number of anilines is 1. The van der Waals surface area contributed by atoms with Crippen LogP contribution in [0.25, 0.3) is 0 Å². The fourth-order valence-electron chi connectivity index (χ4n) is 2.70. The van der Waals surface area contributed by atoms with Crippen LogP contribution in [-0.2, 0) is 0 Å². The fraction of sp³-hybridized carbons (Fsp3) is 0.235. The van der Waals surface area contributed by atoms with E-state index in [1.54, 1.807) is 4.90 Å². The van der Waals surface area contributed by atoms with Crippen LogP contribution in [0.1, 0.15) is 10.4 Å². The smallest absolute Gasteiger partial charge is 0.257 e. The molecule has 1 saturated heterocycles. The van der Waals surface area contributed by atoms with Gasteiger partial charge in [-0.2, -0.15) is 0 Å². The van der Waals surface area contributed by atoms with Crippen LogP contribution < -0.4 is 4.90 Å². The standard InChI is InChI=1S/C17H17ClN2O3/c18-14-10-13(15(21)11-16(14)22)17(23)20-8-6-19(7-9-20)12-4-2-1-3-5-12/h1-5,10-11,21-22H,6-9H2. The SMILES string of the molecule is O=C(c1cc(Cl)c(O)cc1O)N1CCN(c2ccccc2)CC1. The van der Waals surface area contributed by atoms with Gasteiger partial charge in [-0.25, -0.2) is 0 Å². The van der Waals surface area contributed by atoms with E-state index in [0.29, 0.717) is 13.1 Å². The van der Waals surface area contributed by atoms with Crippen molar-refractivity contribution >= 4 is 23.2 Å². The lowest BCUT2D eigenvalue weighted by Gasteiger charge is -2.36. The van der Waals surface area contributed by atoms with Gasteiger partial charge in [0.2, 0.25) is 0 Å². The van der Waals surface area contributed by atoms with Gasteiger partial charge >= 0.3 is 0 Å². The van der Waals surface area contributed by atoms with E-state index in [4.69, 9.17) is 11.6 Å². The third kappa shape index (κ3) is 3.19. The molecule has 0 saturated carbocycles. The van der Waals surface area contributed by atoms with Crippen molar-refractivity contribution in [2.45, 2.75) is 0 Å². The average molecular weight is 333 g/mol. The number of halogens is 1. The maximum absolute atomic E-state index is 12.5. The van der Waals surface area contributed by atoms with Gasteiger partial charge in [0.15, 0.2) is 0 Å². The predicted octanol–water partition coefficient (Wildman–Crippen LogP) is 2.71. The number of nitrogens with zero attached hydrogens (tertiary/aromatic N) is 2. The van der Waals surface area contributed by atoms with Crippen LogP contribution in [-0.4, -0.2) is 47.2 Å². The predicted molar refractivity (Wildman–Crippen MR) is 89.3 cm³/mol. The average Bonchev–Trinajstić information content (AvgIpc) is 2.58. The van der Waals surface area contributed by atoms with Crippen molar-refractivity contribution in [2.24, 2.45) is 0 Å². The van der Waals surface area contributed by atoms with Crippen molar-refractivity contribution in [2.75, 3.05) is 31.1 Å². The molecule has 0 atom stereocenters. The van der Waals surface area contributed by atoms with Gasteiger partial charge in [0.1, 0.15) is 11.5 Å². The van der Waals surface area contributed by atoms with Gasteiger partial charge in [0.05, 0.1) is 10.6 Å². The lowest BCUT2D eigenvalue weighted by Crippen LogP contribution is -2.48. The van der Waals surface area contributed by atoms with Gasteiger partial charge in [-0.15, -0.1) is 0 Å². The molecule has 2 aromatic carbocycles. The molecule has 1 aliphatic rings. The number of phenols is 2. The third-order valence-electron chi connectivity index (χ3n) is 3.98. The molecule has 23 heavy (non-hydrogen) atoms. The lowest BCUT2D eigenvalue weighted by atomic mass is 10.1. The molecular formula is C17H17ClN2O3. The van der Waals surface area contributed by atoms with Crippen molar-refractivity contribution in [3.05, 3.63) is 53.1 Å². The third-order valence-corrected chi connectivity index (χ3v) is 4.29. The first-order valence-corrected chi connectivity index (χ1v) is 7.75. The zero-order valence-electron chi connectivity index (χ0n) is 12.4. The second-order valence-corrected chi connectivity index (χ2v) is 5.84. The summed E-state index contributed by atoms with van der Waals surface area (Å²) in [6.45, 7) is 2.57. The minimum atomic E-state index is -0.280.